The van der Waals surface area contributed by atoms with E-state index in [1.807, 2.05) is 0 Å². The molecule has 2 rings (SSSR count). The molecule has 150 valence electrons. The van der Waals surface area contributed by atoms with Crippen LogP contribution in [0.15, 0.2) is 43.1 Å². The quantitative estimate of drug-likeness (QED) is 0.528. The normalized spacial score (nSPS) is 12.4. The van der Waals surface area contributed by atoms with Crippen molar-refractivity contribution >= 4 is 11.9 Å². The number of halogens is 3. The first kappa shape index (κ1) is 21.2. The molecule has 1 aromatic heterocycles. The van der Waals surface area contributed by atoms with Gasteiger partial charge in [0.1, 0.15) is 0 Å². The molecular formula is C18H18F3N3O4. The number of aromatic nitrogens is 2. The summed E-state index contributed by atoms with van der Waals surface area (Å²) in [7, 11) is 0. The molecule has 1 atom stereocenters. The Hall–Kier alpha value is -3.14. The van der Waals surface area contributed by atoms with Crippen LogP contribution in [0.2, 0.25) is 0 Å². The first-order valence-electron chi connectivity index (χ1n) is 8.09. The molecule has 1 heterocycles. The molecule has 0 saturated heterocycles. The fourth-order valence-electron chi connectivity index (χ4n) is 2.39. The highest BCUT2D eigenvalue weighted by molar-refractivity contribution is 5.97. The van der Waals surface area contributed by atoms with Crippen LogP contribution >= 0.6 is 0 Å². The summed E-state index contributed by atoms with van der Waals surface area (Å²) in [5, 5.41) is 15.4. The number of aliphatic carboxylic acids is 1. The van der Waals surface area contributed by atoms with Crippen LogP contribution in [0.25, 0.3) is 5.69 Å². The molecule has 28 heavy (non-hydrogen) atoms. The predicted molar refractivity (Wildman–Crippen MR) is 93.2 cm³/mol. The van der Waals surface area contributed by atoms with Gasteiger partial charge in [-0.25, -0.2) is 9.48 Å². The standard InChI is InChI=1S/C18H18F3N3O4/c1-3-7-28-10-15(17(26)27)23-16(25)14-9-22-24(11(14)2)13-6-4-5-12(8-13)18(19,20)21/h3-6,8-9,15H,1,7,10H2,2H3,(H,23,25)(H,26,27). The first-order valence-corrected chi connectivity index (χ1v) is 8.09. The van der Waals surface area contributed by atoms with Crippen molar-refractivity contribution in [1.82, 2.24) is 15.1 Å². The number of benzene rings is 1. The lowest BCUT2D eigenvalue weighted by Crippen LogP contribution is -2.44. The highest BCUT2D eigenvalue weighted by atomic mass is 19.4. The SMILES string of the molecule is C=CCOCC(NC(=O)c1cnn(-c2cccc(C(F)(F)F)c2)c1C)C(=O)O. The van der Waals surface area contributed by atoms with Crippen molar-refractivity contribution in [2.24, 2.45) is 0 Å². The zero-order chi connectivity index (χ0) is 20.9. The van der Waals surface area contributed by atoms with Gasteiger partial charge in [0.15, 0.2) is 6.04 Å². The van der Waals surface area contributed by atoms with Crippen LogP contribution < -0.4 is 5.32 Å². The van der Waals surface area contributed by atoms with Gasteiger partial charge in [-0.2, -0.15) is 18.3 Å². The lowest BCUT2D eigenvalue weighted by Gasteiger charge is -2.14. The molecule has 0 spiro atoms. The second-order valence-electron chi connectivity index (χ2n) is 5.79. The number of alkyl halides is 3. The minimum Gasteiger partial charge on any atom is -0.480 e. The predicted octanol–water partition coefficient (Wildman–Crippen LogP) is 2.59. The van der Waals surface area contributed by atoms with Crippen LogP contribution in [0.3, 0.4) is 0 Å². The number of carbonyl (C=O) groups excluding carboxylic acids is 1. The van der Waals surface area contributed by atoms with Crippen molar-refractivity contribution in [3.8, 4) is 5.69 Å². The van der Waals surface area contributed by atoms with E-state index in [9.17, 15) is 27.9 Å². The average Bonchev–Trinajstić information content (AvgIpc) is 3.01. The maximum atomic E-state index is 12.9. The minimum atomic E-state index is -4.52. The number of nitrogens with one attached hydrogen (secondary N) is 1. The number of rotatable bonds is 8. The third kappa shape index (κ3) is 4.97. The number of hydrogen-bond donors (Lipinski definition) is 2. The van der Waals surface area contributed by atoms with E-state index in [4.69, 9.17) is 4.74 Å². The molecule has 0 aliphatic heterocycles. The van der Waals surface area contributed by atoms with E-state index >= 15 is 0 Å². The molecule has 1 aromatic carbocycles. The maximum Gasteiger partial charge on any atom is 0.416 e. The lowest BCUT2D eigenvalue weighted by molar-refractivity contribution is -0.140. The smallest absolute Gasteiger partial charge is 0.416 e. The fraction of sp³-hybridized carbons (Fsp3) is 0.278. The van der Waals surface area contributed by atoms with Gasteiger partial charge in [-0.15, -0.1) is 6.58 Å². The van der Waals surface area contributed by atoms with E-state index < -0.39 is 29.7 Å². The molecule has 0 bridgehead atoms. The number of ether oxygens (including phenoxy) is 1. The number of hydrogen-bond acceptors (Lipinski definition) is 4. The molecule has 10 heteroatoms. The molecule has 0 aliphatic carbocycles. The highest BCUT2D eigenvalue weighted by Gasteiger charge is 2.31. The molecule has 7 nitrogen and oxygen atoms in total. The zero-order valence-electron chi connectivity index (χ0n) is 14.9. The maximum absolute atomic E-state index is 12.9. The van der Waals surface area contributed by atoms with Gasteiger partial charge < -0.3 is 15.2 Å². The van der Waals surface area contributed by atoms with Crippen LogP contribution in [0.5, 0.6) is 0 Å². The van der Waals surface area contributed by atoms with Gasteiger partial charge in [0, 0.05) is 0 Å². The van der Waals surface area contributed by atoms with E-state index in [1.54, 1.807) is 0 Å². The van der Waals surface area contributed by atoms with Gasteiger partial charge in [0.25, 0.3) is 5.91 Å². The van der Waals surface area contributed by atoms with E-state index in [0.29, 0.717) is 0 Å². The Bertz CT molecular complexity index is 877. The summed E-state index contributed by atoms with van der Waals surface area (Å²) < 4.78 is 44.9. The molecule has 2 N–H and O–H groups in total. The van der Waals surface area contributed by atoms with E-state index in [0.717, 1.165) is 18.3 Å². The minimum absolute atomic E-state index is 0.0346. The van der Waals surface area contributed by atoms with Crippen molar-refractivity contribution in [3.05, 3.63) is 59.9 Å². The first-order chi connectivity index (χ1) is 13.1. The average molecular weight is 397 g/mol. The summed E-state index contributed by atoms with van der Waals surface area (Å²) in [4.78, 5) is 23.7. The lowest BCUT2D eigenvalue weighted by atomic mass is 10.2. The van der Waals surface area contributed by atoms with E-state index in [2.05, 4.69) is 17.0 Å². The van der Waals surface area contributed by atoms with Crippen molar-refractivity contribution in [1.29, 1.82) is 0 Å². The Labute approximate surface area is 158 Å². The van der Waals surface area contributed by atoms with Crippen LogP contribution in [-0.4, -0.2) is 46.0 Å². The topological polar surface area (TPSA) is 93.5 Å². The summed E-state index contributed by atoms with van der Waals surface area (Å²) in [6.45, 7) is 4.77. The summed E-state index contributed by atoms with van der Waals surface area (Å²) in [6.07, 6.45) is -1.92. The van der Waals surface area contributed by atoms with E-state index in [-0.39, 0.29) is 30.2 Å². The molecule has 1 amide bonds. The largest absolute Gasteiger partial charge is 0.480 e. The van der Waals surface area contributed by atoms with Crippen molar-refractivity contribution in [2.45, 2.75) is 19.1 Å². The zero-order valence-corrected chi connectivity index (χ0v) is 14.9. The fourth-order valence-corrected chi connectivity index (χ4v) is 2.39. The monoisotopic (exact) mass is 397 g/mol. The van der Waals surface area contributed by atoms with Crippen LogP contribution in [0.1, 0.15) is 21.6 Å². The molecule has 1 unspecified atom stereocenters. The summed E-state index contributed by atoms with van der Waals surface area (Å²) in [5.74, 6) is -2.02. The summed E-state index contributed by atoms with van der Waals surface area (Å²) in [5.41, 5.74) is -0.438. The Morgan fingerprint density at radius 2 is 2.14 bits per heavy atom. The highest BCUT2D eigenvalue weighted by Crippen LogP contribution is 2.30. The van der Waals surface area contributed by atoms with Crippen molar-refractivity contribution in [3.63, 3.8) is 0 Å². The third-order valence-corrected chi connectivity index (χ3v) is 3.80. The van der Waals surface area contributed by atoms with Crippen molar-refractivity contribution < 1.29 is 32.6 Å². The Morgan fingerprint density at radius 1 is 1.43 bits per heavy atom. The second-order valence-corrected chi connectivity index (χ2v) is 5.79. The number of carbonyl (C=O) groups is 2. The molecular weight excluding hydrogens is 379 g/mol. The van der Waals surface area contributed by atoms with Gasteiger partial charge >= 0.3 is 12.1 Å². The number of carboxylic acid groups (broad SMARTS) is 1. The summed E-state index contributed by atoms with van der Waals surface area (Å²) in [6, 6.07) is 3.18. The van der Waals surface area contributed by atoms with Gasteiger partial charge in [-0.05, 0) is 25.1 Å². The number of nitrogens with zero attached hydrogens (tertiary/aromatic N) is 2. The van der Waals surface area contributed by atoms with E-state index in [1.165, 1.54) is 29.8 Å². The van der Waals surface area contributed by atoms with Gasteiger partial charge in [-0.1, -0.05) is 12.1 Å². The van der Waals surface area contributed by atoms with Crippen LogP contribution in [0.4, 0.5) is 13.2 Å². The van der Waals surface area contributed by atoms with Gasteiger partial charge in [-0.3, -0.25) is 4.79 Å². The van der Waals surface area contributed by atoms with Crippen molar-refractivity contribution in [2.75, 3.05) is 13.2 Å². The molecule has 0 fully saturated rings. The van der Waals surface area contributed by atoms with Gasteiger partial charge in [0.05, 0.1) is 41.9 Å². The number of carboxylic acids is 1. The summed E-state index contributed by atoms with van der Waals surface area (Å²) >= 11 is 0. The Morgan fingerprint density at radius 3 is 2.75 bits per heavy atom. The van der Waals surface area contributed by atoms with Crippen LogP contribution in [0, 0.1) is 6.92 Å². The third-order valence-electron chi connectivity index (χ3n) is 3.80. The molecule has 2 aromatic rings. The second kappa shape index (κ2) is 8.70. The van der Waals surface area contributed by atoms with Crippen LogP contribution in [-0.2, 0) is 15.7 Å². The molecule has 0 aliphatic rings. The van der Waals surface area contributed by atoms with Gasteiger partial charge in [0.2, 0.25) is 0 Å². The molecule has 0 radical (unpaired) electrons. The molecule has 0 saturated carbocycles. The number of amides is 1. The Kier molecular flexibility index (Phi) is 6.57. The Balaban J connectivity index is 2.23.